The number of anilines is 1. The van der Waals surface area contributed by atoms with E-state index in [0.29, 0.717) is 17.5 Å². The highest BCUT2D eigenvalue weighted by atomic mass is 79.9. The van der Waals surface area contributed by atoms with Crippen LogP contribution in [-0.4, -0.2) is 20.7 Å². The number of rotatable bonds is 2. The molecule has 0 spiro atoms. The van der Waals surface area contributed by atoms with Crippen LogP contribution >= 0.6 is 15.9 Å². The summed E-state index contributed by atoms with van der Waals surface area (Å²) in [6, 6.07) is 10.3. The number of aromatic nitrogens is 3. The van der Waals surface area contributed by atoms with Gasteiger partial charge in [0.2, 0.25) is 5.82 Å². The van der Waals surface area contributed by atoms with Crippen molar-refractivity contribution in [1.29, 1.82) is 0 Å². The Morgan fingerprint density at radius 3 is 2.67 bits per heavy atom. The summed E-state index contributed by atoms with van der Waals surface area (Å²) in [5, 5.41) is 8.20. The summed E-state index contributed by atoms with van der Waals surface area (Å²) in [6.45, 7) is 6.09. The minimum atomic E-state index is -0.141. The molecule has 0 saturated heterocycles. The van der Waals surface area contributed by atoms with Crippen LogP contribution in [-0.2, 0) is 0 Å². The van der Waals surface area contributed by atoms with E-state index in [1.54, 1.807) is 0 Å². The number of benzene rings is 1. The monoisotopic (exact) mass is 346 g/mol. The van der Waals surface area contributed by atoms with Gasteiger partial charge >= 0.3 is 6.01 Å². The van der Waals surface area contributed by atoms with Gasteiger partial charge in [-0.05, 0) is 48.8 Å². The van der Waals surface area contributed by atoms with Gasteiger partial charge in [-0.3, -0.25) is 0 Å². The van der Waals surface area contributed by atoms with Crippen molar-refractivity contribution >= 4 is 32.8 Å². The first-order valence-electron chi connectivity index (χ1n) is 6.60. The fourth-order valence-electron chi connectivity index (χ4n) is 1.94. The highest BCUT2D eigenvalue weighted by molar-refractivity contribution is 9.10. The zero-order valence-corrected chi connectivity index (χ0v) is 13.6. The second kappa shape index (κ2) is 5.11. The molecule has 3 rings (SSSR count). The fourth-order valence-corrected chi connectivity index (χ4v) is 2.45. The summed E-state index contributed by atoms with van der Waals surface area (Å²) in [5.74, 6) is 0.458. The number of fused-ring (bicyclic) bond motifs is 1. The van der Waals surface area contributed by atoms with Gasteiger partial charge in [0.15, 0.2) is 0 Å². The van der Waals surface area contributed by atoms with E-state index in [4.69, 9.17) is 4.52 Å². The smallest absolute Gasteiger partial charge is 0.322 e. The van der Waals surface area contributed by atoms with E-state index in [2.05, 4.69) is 36.4 Å². The van der Waals surface area contributed by atoms with Crippen LogP contribution in [0.5, 0.6) is 0 Å². The van der Waals surface area contributed by atoms with Crippen molar-refractivity contribution < 1.29 is 4.52 Å². The molecule has 0 fully saturated rings. The molecule has 21 heavy (non-hydrogen) atoms. The highest BCUT2D eigenvalue weighted by Crippen LogP contribution is 2.28. The molecular weight excluding hydrogens is 332 g/mol. The molecule has 0 bridgehead atoms. The summed E-state index contributed by atoms with van der Waals surface area (Å²) in [6.07, 6.45) is 0. The third-order valence-corrected chi connectivity index (χ3v) is 3.40. The summed E-state index contributed by atoms with van der Waals surface area (Å²) in [7, 11) is 0. The summed E-state index contributed by atoms with van der Waals surface area (Å²) in [4.78, 5) is 8.95. The zero-order chi connectivity index (χ0) is 15.0. The van der Waals surface area contributed by atoms with Crippen molar-refractivity contribution in [3.05, 3.63) is 34.8 Å². The molecule has 0 aliphatic heterocycles. The van der Waals surface area contributed by atoms with E-state index in [1.807, 2.05) is 51.1 Å². The van der Waals surface area contributed by atoms with Gasteiger partial charge in [0.1, 0.15) is 5.69 Å². The average Bonchev–Trinajstić information content (AvgIpc) is 2.84. The maximum absolute atomic E-state index is 5.23. The number of para-hydroxylation sites is 1. The Morgan fingerprint density at radius 1 is 1.14 bits per heavy atom. The molecule has 5 nitrogen and oxygen atoms in total. The van der Waals surface area contributed by atoms with Crippen LogP contribution in [0.1, 0.15) is 20.8 Å². The Bertz CT molecular complexity index is 792. The molecule has 0 atom stereocenters. The first-order chi connectivity index (χ1) is 9.92. The molecule has 0 aliphatic carbocycles. The molecular formula is C15H15BrN4O. The standard InChI is InChI=1S/C15H15BrN4O/c1-15(2,3)19-14-18-13(20-21-14)12-10(16)8-9-6-4-5-7-11(9)17-12/h4-8H,1-3H3,(H,18,19,20). The van der Waals surface area contributed by atoms with Gasteiger partial charge in [0.25, 0.3) is 0 Å². The third kappa shape index (κ3) is 3.05. The highest BCUT2D eigenvalue weighted by Gasteiger charge is 2.17. The van der Waals surface area contributed by atoms with E-state index in [-0.39, 0.29) is 5.54 Å². The summed E-state index contributed by atoms with van der Waals surface area (Å²) < 4.78 is 6.07. The van der Waals surface area contributed by atoms with Gasteiger partial charge in [-0.1, -0.05) is 23.4 Å². The van der Waals surface area contributed by atoms with Gasteiger partial charge in [-0.25, -0.2) is 4.98 Å². The van der Waals surface area contributed by atoms with Gasteiger partial charge in [-0.2, -0.15) is 4.98 Å². The quantitative estimate of drug-likeness (QED) is 0.751. The number of nitrogens with zero attached hydrogens (tertiary/aromatic N) is 3. The largest absolute Gasteiger partial charge is 0.333 e. The normalized spacial score (nSPS) is 11.8. The molecule has 0 unspecified atom stereocenters. The number of hydrogen-bond donors (Lipinski definition) is 1. The topological polar surface area (TPSA) is 63.8 Å². The maximum Gasteiger partial charge on any atom is 0.322 e. The summed E-state index contributed by atoms with van der Waals surface area (Å²) in [5.41, 5.74) is 1.42. The Hall–Kier alpha value is -1.95. The second-order valence-electron chi connectivity index (χ2n) is 5.81. The first-order valence-corrected chi connectivity index (χ1v) is 7.39. The zero-order valence-electron chi connectivity index (χ0n) is 12.0. The van der Waals surface area contributed by atoms with Crippen molar-refractivity contribution in [3.63, 3.8) is 0 Å². The van der Waals surface area contributed by atoms with E-state index < -0.39 is 0 Å². The van der Waals surface area contributed by atoms with Crippen LogP contribution in [0.2, 0.25) is 0 Å². The van der Waals surface area contributed by atoms with Crippen LogP contribution in [0.4, 0.5) is 6.01 Å². The van der Waals surface area contributed by atoms with Gasteiger partial charge < -0.3 is 9.84 Å². The molecule has 3 aromatic rings. The average molecular weight is 347 g/mol. The molecule has 0 amide bonds. The predicted octanol–water partition coefficient (Wildman–Crippen LogP) is 4.26. The van der Waals surface area contributed by atoms with Gasteiger partial charge in [-0.15, -0.1) is 0 Å². The van der Waals surface area contributed by atoms with Crippen molar-refractivity contribution in [2.24, 2.45) is 0 Å². The van der Waals surface area contributed by atoms with Crippen LogP contribution in [0.15, 0.2) is 39.3 Å². The lowest BCUT2D eigenvalue weighted by atomic mass is 10.1. The molecule has 2 heterocycles. The number of pyridine rings is 1. The second-order valence-corrected chi connectivity index (χ2v) is 6.66. The molecule has 1 N–H and O–H groups in total. The fraction of sp³-hybridized carbons (Fsp3) is 0.267. The van der Waals surface area contributed by atoms with Crippen LogP contribution in [0.3, 0.4) is 0 Å². The van der Waals surface area contributed by atoms with Gasteiger partial charge in [0.05, 0.1) is 5.52 Å². The Morgan fingerprint density at radius 2 is 1.90 bits per heavy atom. The Labute approximate surface area is 130 Å². The molecule has 108 valence electrons. The molecule has 0 aliphatic rings. The molecule has 0 saturated carbocycles. The van der Waals surface area contributed by atoms with E-state index in [0.717, 1.165) is 15.4 Å². The van der Waals surface area contributed by atoms with E-state index in [9.17, 15) is 0 Å². The first kappa shape index (κ1) is 14.0. The van der Waals surface area contributed by atoms with Crippen molar-refractivity contribution in [2.45, 2.75) is 26.3 Å². The SMILES string of the molecule is CC(C)(C)Nc1nc(-c2nc3ccccc3cc2Br)no1. The predicted molar refractivity (Wildman–Crippen MR) is 86.1 cm³/mol. The van der Waals surface area contributed by atoms with Crippen molar-refractivity contribution in [2.75, 3.05) is 5.32 Å². The van der Waals surface area contributed by atoms with Gasteiger partial charge in [0, 0.05) is 15.4 Å². The molecule has 0 radical (unpaired) electrons. The minimum Gasteiger partial charge on any atom is -0.333 e. The number of halogens is 1. The maximum atomic E-state index is 5.23. The van der Waals surface area contributed by atoms with Crippen LogP contribution in [0.25, 0.3) is 22.4 Å². The van der Waals surface area contributed by atoms with E-state index >= 15 is 0 Å². The lowest BCUT2D eigenvalue weighted by Gasteiger charge is -2.17. The molecule has 1 aromatic carbocycles. The minimum absolute atomic E-state index is 0.141. The number of nitrogens with one attached hydrogen (secondary N) is 1. The Balaban J connectivity index is 2.02. The Kier molecular flexibility index (Phi) is 3.41. The lowest BCUT2D eigenvalue weighted by Crippen LogP contribution is -2.26. The van der Waals surface area contributed by atoms with Crippen LogP contribution < -0.4 is 5.32 Å². The van der Waals surface area contributed by atoms with Crippen molar-refractivity contribution in [1.82, 2.24) is 15.1 Å². The third-order valence-electron chi connectivity index (χ3n) is 2.80. The molecule has 2 aromatic heterocycles. The van der Waals surface area contributed by atoms with E-state index in [1.165, 1.54) is 0 Å². The lowest BCUT2D eigenvalue weighted by molar-refractivity contribution is 0.420. The van der Waals surface area contributed by atoms with Crippen molar-refractivity contribution in [3.8, 4) is 11.5 Å². The summed E-state index contributed by atoms with van der Waals surface area (Å²) >= 11 is 3.52. The number of hydrogen-bond acceptors (Lipinski definition) is 5. The van der Waals surface area contributed by atoms with Crippen LogP contribution in [0, 0.1) is 0 Å². The molecule has 6 heteroatoms.